The number of rotatable bonds is 4. The quantitative estimate of drug-likeness (QED) is 0.580. The highest BCUT2D eigenvalue weighted by molar-refractivity contribution is 7.90. The van der Waals surface area contributed by atoms with Gasteiger partial charge in [0.2, 0.25) is 0 Å². The van der Waals surface area contributed by atoms with Crippen LogP contribution in [0.4, 0.5) is 16.2 Å². The van der Waals surface area contributed by atoms with Gasteiger partial charge in [-0.05, 0) is 58.6 Å². The number of hydrogen-bond acceptors (Lipinski definition) is 7. The van der Waals surface area contributed by atoms with E-state index < -0.39 is 20.4 Å². The summed E-state index contributed by atoms with van der Waals surface area (Å²) in [4.78, 5) is 25.2. The lowest BCUT2D eigenvalue weighted by molar-refractivity contribution is -0.384. The molecule has 0 saturated carbocycles. The molecule has 2 aliphatic heterocycles. The number of carbonyl (C=O) groups excluding carboxylic acids is 1. The van der Waals surface area contributed by atoms with E-state index in [1.807, 2.05) is 25.7 Å². The van der Waals surface area contributed by atoms with Gasteiger partial charge in [-0.25, -0.2) is 13.2 Å². The van der Waals surface area contributed by atoms with E-state index in [4.69, 9.17) is 4.74 Å². The van der Waals surface area contributed by atoms with Gasteiger partial charge in [-0.15, -0.1) is 0 Å². The molecule has 0 radical (unpaired) electrons. The second-order valence-corrected chi connectivity index (χ2v) is 10.8. The van der Waals surface area contributed by atoms with Crippen LogP contribution in [0, 0.1) is 10.1 Å². The lowest BCUT2D eigenvalue weighted by Crippen LogP contribution is -2.51. The largest absolute Gasteiger partial charge is 0.444 e. The molecule has 1 aromatic rings. The van der Waals surface area contributed by atoms with Crippen LogP contribution in [0.5, 0.6) is 0 Å². The third-order valence-electron chi connectivity index (χ3n) is 5.29. The summed E-state index contributed by atoms with van der Waals surface area (Å²) in [6.45, 7) is 5.50. The minimum Gasteiger partial charge on any atom is -0.444 e. The van der Waals surface area contributed by atoms with Gasteiger partial charge in [0.1, 0.15) is 11.3 Å². The Kier molecular flexibility index (Phi) is 5.50. The number of sulfone groups is 1. The zero-order chi connectivity index (χ0) is 21.6. The summed E-state index contributed by atoms with van der Waals surface area (Å²) in [5, 5.41) is 14.7. The Morgan fingerprint density at radius 1 is 1.24 bits per heavy atom. The molecule has 29 heavy (non-hydrogen) atoms. The van der Waals surface area contributed by atoms with Crippen molar-refractivity contribution in [2.45, 2.75) is 75.1 Å². The number of nitrogens with zero attached hydrogens (tertiary/aromatic N) is 2. The van der Waals surface area contributed by atoms with Crippen molar-refractivity contribution >= 4 is 27.3 Å². The smallest absolute Gasteiger partial charge is 0.410 e. The van der Waals surface area contributed by atoms with Crippen LogP contribution in [0.3, 0.4) is 0 Å². The maximum atomic E-state index is 12.6. The molecule has 9 nitrogen and oxygen atoms in total. The Bertz CT molecular complexity index is 910. The van der Waals surface area contributed by atoms with E-state index in [2.05, 4.69) is 5.32 Å². The van der Waals surface area contributed by atoms with Crippen molar-refractivity contribution in [3.8, 4) is 0 Å². The first-order valence-electron chi connectivity index (χ1n) is 9.61. The van der Waals surface area contributed by atoms with Gasteiger partial charge in [0.25, 0.3) is 5.69 Å². The molecular weight excluding hydrogens is 398 g/mol. The number of piperidine rings is 1. The Hall–Kier alpha value is -2.36. The molecule has 10 heteroatoms. The molecule has 2 saturated heterocycles. The van der Waals surface area contributed by atoms with Gasteiger partial charge >= 0.3 is 6.09 Å². The molecule has 1 aromatic carbocycles. The van der Waals surface area contributed by atoms with E-state index in [1.165, 1.54) is 12.1 Å². The lowest BCUT2D eigenvalue weighted by atomic mass is 9.97. The molecule has 2 bridgehead atoms. The number of fused-ring (bicyclic) bond motifs is 2. The average molecular weight is 426 g/mol. The third-order valence-corrected chi connectivity index (χ3v) is 6.40. The highest BCUT2D eigenvalue weighted by Crippen LogP contribution is 2.39. The van der Waals surface area contributed by atoms with Crippen molar-refractivity contribution in [2.24, 2.45) is 0 Å². The molecule has 160 valence electrons. The minimum atomic E-state index is -3.54. The lowest BCUT2D eigenvalue weighted by Gasteiger charge is -2.39. The summed E-state index contributed by atoms with van der Waals surface area (Å²) in [5.74, 6) is 0. The van der Waals surface area contributed by atoms with Crippen LogP contribution in [-0.2, 0) is 14.6 Å². The monoisotopic (exact) mass is 425 g/mol. The van der Waals surface area contributed by atoms with Crippen molar-refractivity contribution in [2.75, 3.05) is 11.6 Å². The van der Waals surface area contributed by atoms with E-state index in [9.17, 15) is 23.3 Å². The van der Waals surface area contributed by atoms with Crippen LogP contribution in [0.25, 0.3) is 0 Å². The normalized spacial score (nSPS) is 24.3. The number of nitrogens with one attached hydrogen (secondary N) is 1. The maximum Gasteiger partial charge on any atom is 0.410 e. The zero-order valence-corrected chi connectivity index (χ0v) is 17.9. The van der Waals surface area contributed by atoms with Gasteiger partial charge in [-0.2, -0.15) is 0 Å². The van der Waals surface area contributed by atoms with E-state index >= 15 is 0 Å². The Morgan fingerprint density at radius 2 is 1.83 bits per heavy atom. The molecule has 2 aliphatic rings. The third kappa shape index (κ3) is 4.80. The number of carbonyl (C=O) groups is 1. The Morgan fingerprint density at radius 3 is 2.31 bits per heavy atom. The number of nitro benzene ring substituents is 1. The second kappa shape index (κ2) is 7.47. The van der Waals surface area contributed by atoms with Gasteiger partial charge in [0.05, 0.1) is 9.82 Å². The molecule has 1 amide bonds. The van der Waals surface area contributed by atoms with E-state index in [-0.39, 0.29) is 40.5 Å². The second-order valence-electron chi connectivity index (χ2n) is 8.79. The Labute approximate surface area is 170 Å². The first-order valence-corrected chi connectivity index (χ1v) is 11.5. The van der Waals surface area contributed by atoms with E-state index in [0.29, 0.717) is 12.8 Å². The Balaban J connectivity index is 1.75. The molecule has 2 heterocycles. The summed E-state index contributed by atoms with van der Waals surface area (Å²) >= 11 is 0. The fourth-order valence-corrected chi connectivity index (χ4v) is 4.78. The molecular formula is C19H27N3O6S. The first-order chi connectivity index (χ1) is 13.3. The summed E-state index contributed by atoms with van der Waals surface area (Å²) in [6.07, 6.45) is 3.76. The van der Waals surface area contributed by atoms with Gasteiger partial charge in [0.15, 0.2) is 9.84 Å². The van der Waals surface area contributed by atoms with Crippen LogP contribution in [-0.4, -0.2) is 54.3 Å². The molecule has 1 unspecified atom stereocenters. The molecule has 0 aromatic heterocycles. The van der Waals surface area contributed by atoms with Crippen molar-refractivity contribution in [1.82, 2.24) is 4.90 Å². The summed E-state index contributed by atoms with van der Waals surface area (Å²) < 4.78 is 28.9. The van der Waals surface area contributed by atoms with Gasteiger partial charge in [0, 0.05) is 30.4 Å². The van der Waals surface area contributed by atoms with Gasteiger partial charge in [-0.3, -0.25) is 10.1 Å². The van der Waals surface area contributed by atoms with Gasteiger partial charge in [-0.1, -0.05) is 0 Å². The molecule has 3 atom stereocenters. The topological polar surface area (TPSA) is 119 Å². The number of hydrogen-bond donors (Lipinski definition) is 1. The summed E-state index contributed by atoms with van der Waals surface area (Å²) in [5.41, 5.74) is -0.541. The highest BCUT2D eigenvalue weighted by atomic mass is 32.2. The fourth-order valence-electron chi connectivity index (χ4n) is 4.14. The maximum absolute atomic E-state index is 12.6. The molecule has 1 N–H and O–H groups in total. The summed E-state index contributed by atoms with van der Waals surface area (Å²) in [7, 11) is -3.54. The van der Waals surface area contributed by atoms with Gasteiger partial charge < -0.3 is 15.0 Å². The van der Waals surface area contributed by atoms with E-state index in [1.54, 1.807) is 0 Å². The van der Waals surface area contributed by atoms with Crippen LogP contribution in [0.15, 0.2) is 23.1 Å². The molecule has 0 aliphatic carbocycles. The standard InChI is InChI=1S/C19H27N3O6S/c1-19(2,3)28-18(23)21-13-5-6-14(21)10-12(9-13)20-16-8-7-15(29(4,26)27)11-17(16)22(24)25/h7-8,11-14,20H,5-6,9-10H2,1-4H3/t12?,13-,14+. The first kappa shape index (κ1) is 21.4. The zero-order valence-electron chi connectivity index (χ0n) is 17.0. The average Bonchev–Trinajstić information content (AvgIpc) is 2.84. The van der Waals surface area contributed by atoms with Crippen molar-refractivity contribution in [3.05, 3.63) is 28.3 Å². The minimum absolute atomic E-state index is 0.0236. The highest BCUT2D eigenvalue weighted by Gasteiger charge is 2.45. The van der Waals surface area contributed by atoms with Crippen LogP contribution < -0.4 is 5.32 Å². The fraction of sp³-hybridized carbons (Fsp3) is 0.632. The van der Waals surface area contributed by atoms with E-state index in [0.717, 1.165) is 25.2 Å². The predicted octanol–water partition coefficient (Wildman–Crippen LogP) is 3.34. The predicted molar refractivity (Wildman–Crippen MR) is 108 cm³/mol. The number of nitro groups is 1. The number of anilines is 1. The van der Waals surface area contributed by atoms with Crippen molar-refractivity contribution in [1.29, 1.82) is 0 Å². The molecule has 0 spiro atoms. The number of ether oxygens (including phenoxy) is 1. The summed E-state index contributed by atoms with van der Waals surface area (Å²) in [6, 6.07) is 3.90. The molecule has 3 rings (SSSR count). The number of benzene rings is 1. The van der Waals surface area contributed by atoms with Crippen LogP contribution in [0.2, 0.25) is 0 Å². The SMILES string of the molecule is CC(C)(C)OC(=O)N1[C@@H]2CC[C@H]1CC(Nc1ccc(S(C)(=O)=O)cc1[N+](=O)[O-])C2. The van der Waals surface area contributed by atoms with Crippen molar-refractivity contribution in [3.63, 3.8) is 0 Å². The number of amides is 1. The van der Waals surface area contributed by atoms with Crippen LogP contribution >= 0.6 is 0 Å². The van der Waals surface area contributed by atoms with Crippen molar-refractivity contribution < 1.29 is 22.9 Å². The van der Waals surface area contributed by atoms with Crippen LogP contribution in [0.1, 0.15) is 46.5 Å². The molecule has 2 fully saturated rings.